The fourth-order valence-electron chi connectivity index (χ4n) is 2.69. The molecule has 1 heteroatoms. The topological polar surface area (TPSA) is 0 Å². The van der Waals surface area contributed by atoms with E-state index < -0.39 is 0 Å². The molecule has 0 aliphatic heterocycles. The van der Waals surface area contributed by atoms with Gasteiger partial charge in [-0.1, -0.05) is 42.5 Å². The van der Waals surface area contributed by atoms with Gasteiger partial charge in [0.2, 0.25) is 0 Å². The first kappa shape index (κ1) is 10.2. The van der Waals surface area contributed by atoms with Crippen LogP contribution in [-0.4, -0.2) is 5.38 Å². The lowest BCUT2D eigenvalue weighted by molar-refractivity contribution is 0.725. The van der Waals surface area contributed by atoms with Gasteiger partial charge in [0.25, 0.3) is 0 Å². The molecule has 0 bridgehead atoms. The highest BCUT2D eigenvalue weighted by Gasteiger charge is 2.24. The maximum Gasteiger partial charge on any atom is 0.0342 e. The van der Waals surface area contributed by atoms with Crippen LogP contribution in [0.4, 0.5) is 0 Å². The second-order valence-corrected chi connectivity index (χ2v) is 5.33. The van der Waals surface area contributed by atoms with Crippen molar-refractivity contribution in [2.45, 2.75) is 30.6 Å². The number of alkyl halides is 1. The third kappa shape index (κ3) is 1.82. The molecule has 2 unspecified atom stereocenters. The molecular weight excluding hydrogens is 216 g/mol. The first-order valence-electron chi connectivity index (χ1n) is 5.96. The summed E-state index contributed by atoms with van der Waals surface area (Å²) in [5.74, 6) is 0.673. The molecule has 82 valence electrons. The molecule has 3 rings (SSSR count). The number of hydrogen-bond acceptors (Lipinski definition) is 0. The highest BCUT2D eigenvalue weighted by molar-refractivity contribution is 6.20. The van der Waals surface area contributed by atoms with Crippen LogP contribution in [0.25, 0.3) is 10.8 Å². The molecule has 1 saturated carbocycles. The predicted octanol–water partition coefficient (Wildman–Crippen LogP) is 4.71. The van der Waals surface area contributed by atoms with Crippen LogP contribution in [0.1, 0.15) is 30.7 Å². The summed E-state index contributed by atoms with van der Waals surface area (Å²) in [6, 6.07) is 15.4. The Balaban J connectivity index is 1.99. The highest BCUT2D eigenvalue weighted by atomic mass is 35.5. The fourth-order valence-corrected chi connectivity index (χ4v) is 3.03. The average Bonchev–Trinajstić information content (AvgIpc) is 2.75. The van der Waals surface area contributed by atoms with Crippen molar-refractivity contribution in [3.8, 4) is 0 Å². The SMILES string of the molecule is ClC1CCC(c2ccc3ccccc3c2)C1. The van der Waals surface area contributed by atoms with E-state index in [4.69, 9.17) is 11.6 Å². The van der Waals surface area contributed by atoms with E-state index in [1.54, 1.807) is 0 Å². The Bertz CT molecular complexity index is 504. The first-order chi connectivity index (χ1) is 7.83. The second kappa shape index (κ2) is 4.10. The van der Waals surface area contributed by atoms with E-state index in [1.165, 1.54) is 29.2 Å². The maximum atomic E-state index is 6.18. The summed E-state index contributed by atoms with van der Waals surface area (Å²) >= 11 is 6.18. The molecule has 0 heterocycles. The Hall–Kier alpha value is -1.01. The fraction of sp³-hybridized carbons (Fsp3) is 0.333. The van der Waals surface area contributed by atoms with Crippen molar-refractivity contribution >= 4 is 22.4 Å². The zero-order chi connectivity index (χ0) is 11.0. The lowest BCUT2D eigenvalue weighted by Gasteiger charge is -2.10. The molecule has 0 aromatic heterocycles. The molecule has 1 aliphatic rings. The van der Waals surface area contributed by atoms with Gasteiger partial charge in [-0.25, -0.2) is 0 Å². The molecule has 0 amide bonds. The first-order valence-corrected chi connectivity index (χ1v) is 6.39. The Kier molecular flexibility index (Phi) is 2.61. The molecule has 0 spiro atoms. The van der Waals surface area contributed by atoms with Gasteiger partial charge in [0.05, 0.1) is 0 Å². The smallest absolute Gasteiger partial charge is 0.0342 e. The summed E-state index contributed by atoms with van der Waals surface area (Å²) in [6.07, 6.45) is 3.55. The van der Waals surface area contributed by atoms with Crippen LogP contribution in [0.3, 0.4) is 0 Å². The van der Waals surface area contributed by atoms with E-state index in [2.05, 4.69) is 42.5 Å². The number of halogens is 1. The minimum absolute atomic E-state index is 0.386. The number of benzene rings is 2. The van der Waals surface area contributed by atoms with Crippen molar-refractivity contribution in [1.82, 2.24) is 0 Å². The van der Waals surface area contributed by atoms with Crippen LogP contribution in [0.15, 0.2) is 42.5 Å². The van der Waals surface area contributed by atoms with Crippen LogP contribution < -0.4 is 0 Å². The van der Waals surface area contributed by atoms with Crippen molar-refractivity contribution in [3.63, 3.8) is 0 Å². The molecule has 1 fully saturated rings. The summed E-state index contributed by atoms with van der Waals surface area (Å²) in [5.41, 5.74) is 1.46. The van der Waals surface area contributed by atoms with Gasteiger partial charge in [0, 0.05) is 5.38 Å². The third-order valence-electron chi connectivity index (χ3n) is 3.61. The van der Waals surface area contributed by atoms with Crippen LogP contribution in [0, 0.1) is 0 Å². The van der Waals surface area contributed by atoms with Crippen molar-refractivity contribution in [2.75, 3.05) is 0 Å². The number of hydrogen-bond donors (Lipinski definition) is 0. The van der Waals surface area contributed by atoms with Gasteiger partial charge in [-0.2, -0.15) is 0 Å². The normalized spacial score (nSPS) is 25.1. The van der Waals surface area contributed by atoms with Crippen molar-refractivity contribution < 1.29 is 0 Å². The van der Waals surface area contributed by atoms with Crippen molar-refractivity contribution in [1.29, 1.82) is 0 Å². The minimum Gasteiger partial charge on any atom is -0.123 e. The summed E-state index contributed by atoms with van der Waals surface area (Å²) in [4.78, 5) is 0. The number of fused-ring (bicyclic) bond motifs is 1. The summed E-state index contributed by atoms with van der Waals surface area (Å²) in [7, 11) is 0. The van der Waals surface area contributed by atoms with E-state index in [0.29, 0.717) is 11.3 Å². The molecule has 2 atom stereocenters. The molecule has 2 aromatic rings. The van der Waals surface area contributed by atoms with Crippen LogP contribution in [0.2, 0.25) is 0 Å². The molecule has 0 radical (unpaired) electrons. The van der Waals surface area contributed by atoms with E-state index in [0.717, 1.165) is 6.42 Å². The van der Waals surface area contributed by atoms with E-state index in [9.17, 15) is 0 Å². The molecular formula is C15H15Cl. The quantitative estimate of drug-likeness (QED) is 0.622. The highest BCUT2D eigenvalue weighted by Crippen LogP contribution is 2.37. The molecule has 0 saturated heterocycles. The molecule has 0 N–H and O–H groups in total. The summed E-state index contributed by atoms with van der Waals surface area (Å²) in [6.45, 7) is 0. The van der Waals surface area contributed by atoms with Gasteiger partial charge >= 0.3 is 0 Å². The minimum atomic E-state index is 0.386. The van der Waals surface area contributed by atoms with Gasteiger partial charge in [0.1, 0.15) is 0 Å². The van der Waals surface area contributed by atoms with E-state index in [-0.39, 0.29) is 0 Å². The maximum absolute atomic E-state index is 6.18. The second-order valence-electron chi connectivity index (χ2n) is 4.71. The van der Waals surface area contributed by atoms with Crippen LogP contribution in [0.5, 0.6) is 0 Å². The predicted molar refractivity (Wildman–Crippen MR) is 70.2 cm³/mol. The molecule has 1 aliphatic carbocycles. The number of rotatable bonds is 1. The van der Waals surface area contributed by atoms with Gasteiger partial charge in [0.15, 0.2) is 0 Å². The van der Waals surface area contributed by atoms with Crippen LogP contribution >= 0.6 is 11.6 Å². The Morgan fingerprint density at radius 2 is 1.75 bits per heavy atom. The zero-order valence-corrected chi connectivity index (χ0v) is 9.95. The molecule has 16 heavy (non-hydrogen) atoms. The van der Waals surface area contributed by atoms with Gasteiger partial charge < -0.3 is 0 Å². The average molecular weight is 231 g/mol. The third-order valence-corrected chi connectivity index (χ3v) is 4.01. The van der Waals surface area contributed by atoms with E-state index in [1.807, 2.05) is 0 Å². The lowest BCUT2D eigenvalue weighted by atomic mass is 9.95. The van der Waals surface area contributed by atoms with Crippen molar-refractivity contribution in [3.05, 3.63) is 48.0 Å². The van der Waals surface area contributed by atoms with Gasteiger partial charge in [-0.05, 0) is 41.5 Å². The van der Waals surface area contributed by atoms with Gasteiger partial charge in [-0.15, -0.1) is 11.6 Å². The lowest BCUT2D eigenvalue weighted by Crippen LogP contribution is -1.94. The largest absolute Gasteiger partial charge is 0.123 e. The zero-order valence-electron chi connectivity index (χ0n) is 9.20. The Morgan fingerprint density at radius 1 is 0.938 bits per heavy atom. The summed E-state index contributed by atoms with van der Waals surface area (Å²) in [5, 5.41) is 3.06. The molecule has 2 aromatic carbocycles. The van der Waals surface area contributed by atoms with Crippen molar-refractivity contribution in [2.24, 2.45) is 0 Å². The standard InChI is InChI=1S/C15H15Cl/c16-15-8-7-14(10-15)13-6-5-11-3-1-2-4-12(11)9-13/h1-6,9,14-15H,7-8,10H2. The Morgan fingerprint density at radius 3 is 2.50 bits per heavy atom. The monoisotopic (exact) mass is 230 g/mol. The molecule has 0 nitrogen and oxygen atoms in total. The summed E-state index contributed by atoms with van der Waals surface area (Å²) < 4.78 is 0. The van der Waals surface area contributed by atoms with Gasteiger partial charge in [-0.3, -0.25) is 0 Å². The van der Waals surface area contributed by atoms with E-state index >= 15 is 0 Å². The Labute approximate surface area is 101 Å². The van der Waals surface area contributed by atoms with Crippen LogP contribution in [-0.2, 0) is 0 Å².